The molecule has 0 unspecified atom stereocenters. The second-order valence-electron chi connectivity index (χ2n) is 22.9. The topological polar surface area (TPSA) is 18.5 Å². The highest BCUT2D eigenvalue weighted by atomic mass is 32.2. The van der Waals surface area contributed by atoms with Crippen molar-refractivity contribution in [2.75, 3.05) is 53.3 Å². The molecule has 0 aromatic heterocycles. The first kappa shape index (κ1) is 61.5. The standard InChI is InChI=1S/C37H32NS.C22H26NS.2C8H15N2/c1-26-14-13-15-27(2)37(26)38-25-39-35(22-28(38)3)36-33(30-18-9-5-10-19-30)23-32(29-16-7-4-8-17-29)24-34(36)31-20-11-6-12-21-31;1-14-10-17(4)21(18(5)11-14)20-12-19(6)23(13-24-20)22-15(2)8-7-9-16(22)3;2*1-7-5-8(2)10(4)6-9(7)3/h4-24H,25H2,1-3H3;7-12H,13H2,1-6H3;2*5H,6H2,1-4H3/q4*+1. The van der Waals surface area contributed by atoms with Crippen LogP contribution in [0.15, 0.2) is 187 Å². The zero-order valence-electron chi connectivity index (χ0n) is 52.6. The van der Waals surface area contributed by atoms with Crippen LogP contribution in [-0.4, -0.2) is 104 Å². The summed E-state index contributed by atoms with van der Waals surface area (Å²) in [5.74, 6) is 1.85. The molecule has 4 aliphatic rings. The van der Waals surface area contributed by atoms with E-state index < -0.39 is 0 Å². The van der Waals surface area contributed by atoms with Crippen LogP contribution >= 0.6 is 23.5 Å². The zero-order chi connectivity index (χ0) is 59.6. The fourth-order valence-electron chi connectivity index (χ4n) is 11.4. The van der Waals surface area contributed by atoms with Gasteiger partial charge in [0.2, 0.25) is 24.7 Å². The highest BCUT2D eigenvalue weighted by molar-refractivity contribution is 8.08. The molecule has 6 nitrogen and oxygen atoms in total. The molecule has 4 aliphatic heterocycles. The molecule has 0 fully saturated rings. The molecule has 0 aliphatic carbocycles. The van der Waals surface area contributed by atoms with E-state index in [1.165, 1.54) is 139 Å². The largest absolute Gasteiger partial charge is 0.324 e. The van der Waals surface area contributed by atoms with Gasteiger partial charge < -0.3 is 9.80 Å². The smallest absolute Gasteiger partial charge is 0.218 e. The second kappa shape index (κ2) is 27.7. The molecule has 11 rings (SSSR count). The lowest BCUT2D eigenvalue weighted by atomic mass is 9.87. The quantitative estimate of drug-likeness (QED) is 0.148. The van der Waals surface area contributed by atoms with Crippen LogP contribution in [0.5, 0.6) is 0 Å². The predicted molar refractivity (Wildman–Crippen MR) is 364 cm³/mol. The van der Waals surface area contributed by atoms with Gasteiger partial charge in [0.1, 0.15) is 14.1 Å². The summed E-state index contributed by atoms with van der Waals surface area (Å²) >= 11 is 3.87. The van der Waals surface area contributed by atoms with Crippen molar-refractivity contribution in [3.8, 4) is 33.4 Å². The van der Waals surface area contributed by atoms with Crippen LogP contribution < -0.4 is 0 Å². The Bertz CT molecular complexity index is 3630. The lowest BCUT2D eigenvalue weighted by molar-refractivity contribution is -0.518. The first-order valence-electron chi connectivity index (χ1n) is 29.0. The van der Waals surface area contributed by atoms with Crippen molar-refractivity contribution in [1.82, 2.24) is 9.80 Å². The first-order valence-corrected chi connectivity index (χ1v) is 31.0. The number of hydrogen-bond donors (Lipinski definition) is 0. The molecule has 0 bridgehead atoms. The molecular formula is C75H88N6S2+4. The van der Waals surface area contributed by atoms with Gasteiger partial charge in [0.25, 0.3) is 0 Å². The lowest BCUT2D eigenvalue weighted by Crippen LogP contribution is -2.32. The minimum atomic E-state index is 0.881. The molecule has 426 valence electrons. The van der Waals surface area contributed by atoms with Crippen molar-refractivity contribution in [2.24, 2.45) is 0 Å². The maximum atomic E-state index is 2.46. The van der Waals surface area contributed by atoms with Gasteiger partial charge in [-0.15, -0.1) is 0 Å². The molecule has 0 radical (unpaired) electrons. The van der Waals surface area contributed by atoms with E-state index in [1.807, 2.05) is 23.5 Å². The molecule has 8 heteroatoms. The van der Waals surface area contributed by atoms with Gasteiger partial charge >= 0.3 is 0 Å². The number of para-hydroxylation sites is 2. The molecule has 7 aromatic rings. The third-order valence-corrected chi connectivity index (χ3v) is 18.4. The highest BCUT2D eigenvalue weighted by Gasteiger charge is 2.29. The van der Waals surface area contributed by atoms with E-state index in [-0.39, 0.29) is 0 Å². The summed E-state index contributed by atoms with van der Waals surface area (Å²) in [6, 6.07) is 54.8. The van der Waals surface area contributed by atoms with Gasteiger partial charge in [0, 0.05) is 115 Å². The fourth-order valence-corrected chi connectivity index (χ4v) is 14.0. The van der Waals surface area contributed by atoms with Crippen molar-refractivity contribution in [2.45, 2.75) is 90.0 Å². The van der Waals surface area contributed by atoms with Crippen molar-refractivity contribution in [3.63, 3.8) is 0 Å². The Kier molecular flexibility index (Phi) is 20.5. The molecule has 83 heavy (non-hydrogen) atoms. The maximum Gasteiger partial charge on any atom is 0.218 e. The Morgan fingerprint density at radius 3 is 1.05 bits per heavy atom. The van der Waals surface area contributed by atoms with Gasteiger partial charge in [0.05, 0.1) is 0 Å². The van der Waals surface area contributed by atoms with Crippen LogP contribution in [0.4, 0.5) is 11.4 Å². The number of hydrogen-bond acceptors (Lipinski definition) is 4. The Morgan fingerprint density at radius 2 is 0.699 bits per heavy atom. The van der Waals surface area contributed by atoms with E-state index in [9.17, 15) is 0 Å². The molecular weight excluding hydrogens is 1050 g/mol. The van der Waals surface area contributed by atoms with Crippen LogP contribution in [0.3, 0.4) is 0 Å². The van der Waals surface area contributed by atoms with Crippen LogP contribution in [0, 0.1) is 48.5 Å². The molecule has 0 N–H and O–H groups in total. The zero-order valence-corrected chi connectivity index (χ0v) is 54.2. The monoisotopic (exact) mass is 1140 g/mol. The highest BCUT2D eigenvalue weighted by Crippen LogP contribution is 2.46. The Morgan fingerprint density at radius 1 is 0.349 bits per heavy atom. The van der Waals surface area contributed by atoms with Crippen LogP contribution in [-0.2, 0) is 0 Å². The lowest BCUT2D eigenvalue weighted by Gasteiger charge is -2.22. The number of allylic oxidation sites excluding steroid dienone is 6. The molecule has 4 heterocycles. The van der Waals surface area contributed by atoms with Crippen molar-refractivity contribution < 1.29 is 18.3 Å². The normalized spacial score (nSPS) is 15.3. The summed E-state index contributed by atoms with van der Waals surface area (Å²) in [5.41, 5.74) is 30.2. The number of aryl methyl sites for hydroxylation is 7. The summed E-state index contributed by atoms with van der Waals surface area (Å²) in [5, 5.41) is 0. The minimum Gasteiger partial charge on any atom is -0.324 e. The van der Waals surface area contributed by atoms with Crippen LogP contribution in [0.1, 0.15) is 91.6 Å². The Labute approximate surface area is 506 Å². The second-order valence-corrected chi connectivity index (χ2v) is 24.9. The van der Waals surface area contributed by atoms with E-state index in [2.05, 4.69) is 322 Å². The van der Waals surface area contributed by atoms with Gasteiger partial charge in [-0.1, -0.05) is 169 Å². The van der Waals surface area contributed by atoms with E-state index >= 15 is 0 Å². The van der Waals surface area contributed by atoms with E-state index in [0.717, 1.165) is 25.1 Å². The van der Waals surface area contributed by atoms with Crippen molar-refractivity contribution in [3.05, 3.63) is 237 Å². The average molecular weight is 1140 g/mol. The number of benzene rings is 7. The molecule has 7 aromatic carbocycles. The summed E-state index contributed by atoms with van der Waals surface area (Å²) in [6.07, 6.45) is 9.13. The van der Waals surface area contributed by atoms with Gasteiger partial charge in [0.15, 0.2) is 34.6 Å². The maximum absolute atomic E-state index is 2.46. The van der Waals surface area contributed by atoms with Gasteiger partial charge in [-0.25, -0.2) is 9.15 Å². The van der Waals surface area contributed by atoms with Gasteiger partial charge in [-0.05, 0) is 125 Å². The van der Waals surface area contributed by atoms with Crippen molar-refractivity contribution >= 4 is 67.6 Å². The first-order chi connectivity index (χ1) is 39.7. The van der Waals surface area contributed by atoms with E-state index in [4.69, 9.17) is 0 Å². The SMILES string of the molecule is CC1=CC(C)=[N+](C)CN1C.CC1=CC(C)=[N+](C)CN1C.CC1=[N+](c2c(C)cccc2C)CSC(c2c(-c3ccccc3)cc(-c3ccccc3)cc2-c2ccccc2)=C1.CC1=[N+](c2c(C)cccc2C)CSC(c2c(C)cc(C)cc2C)=C1. The van der Waals surface area contributed by atoms with Crippen LogP contribution in [0.25, 0.3) is 43.2 Å². The predicted octanol–water partition coefficient (Wildman–Crippen LogP) is 18.0. The molecule has 0 saturated carbocycles. The third-order valence-electron chi connectivity index (χ3n) is 16.3. The molecule has 0 saturated heterocycles. The Hall–Kier alpha value is -7.52. The number of nitrogens with zero attached hydrogens (tertiary/aromatic N) is 6. The van der Waals surface area contributed by atoms with Gasteiger partial charge in [-0.3, -0.25) is 0 Å². The fraction of sp³-hybridized carbons (Fsp3) is 0.280. The third kappa shape index (κ3) is 14.8. The molecule has 0 amide bonds. The Balaban J connectivity index is 0.000000171. The number of rotatable bonds is 7. The summed E-state index contributed by atoms with van der Waals surface area (Å²) in [4.78, 5) is 7.16. The summed E-state index contributed by atoms with van der Waals surface area (Å²) in [7, 11) is 8.42. The molecule has 0 atom stereocenters. The van der Waals surface area contributed by atoms with Gasteiger partial charge in [-0.2, -0.15) is 9.15 Å². The molecule has 0 spiro atoms. The minimum absolute atomic E-state index is 0.881. The summed E-state index contributed by atoms with van der Waals surface area (Å²) < 4.78 is 9.36. The van der Waals surface area contributed by atoms with Crippen LogP contribution in [0.2, 0.25) is 0 Å². The summed E-state index contributed by atoms with van der Waals surface area (Å²) in [6.45, 7) is 30.5. The average Bonchev–Trinajstić information content (AvgIpc) is 3.66. The van der Waals surface area contributed by atoms with Crippen molar-refractivity contribution in [1.29, 1.82) is 0 Å². The van der Waals surface area contributed by atoms with E-state index in [1.54, 1.807) is 0 Å². The van der Waals surface area contributed by atoms with E-state index in [0.29, 0.717) is 0 Å². The number of thioether (sulfide) groups is 2.